The molecule has 5 rings (SSSR count). The number of sulfone groups is 1. The number of nitrogens with zero attached hydrogens (tertiary/aromatic N) is 3. The summed E-state index contributed by atoms with van der Waals surface area (Å²) in [5, 5.41) is 2.34. The van der Waals surface area contributed by atoms with Crippen LogP contribution in [0.25, 0.3) is 0 Å². The molecule has 0 bridgehead atoms. The number of aromatic nitrogens is 1. The van der Waals surface area contributed by atoms with Crippen molar-refractivity contribution in [1.82, 2.24) is 9.88 Å². The number of hydrogen-bond acceptors (Lipinski definition) is 6. The van der Waals surface area contributed by atoms with Gasteiger partial charge in [-0.3, -0.25) is 9.69 Å². The first-order chi connectivity index (χ1) is 17.5. The van der Waals surface area contributed by atoms with E-state index in [1.54, 1.807) is 40.7 Å². The van der Waals surface area contributed by atoms with Gasteiger partial charge in [-0.15, -0.1) is 11.3 Å². The van der Waals surface area contributed by atoms with E-state index in [0.29, 0.717) is 17.5 Å². The summed E-state index contributed by atoms with van der Waals surface area (Å²) in [7, 11) is -3.46. The topological polar surface area (TPSA) is 70.6 Å². The second kappa shape index (κ2) is 13.1. The maximum absolute atomic E-state index is 13.2. The van der Waals surface area contributed by atoms with Gasteiger partial charge in [0, 0.05) is 30.4 Å². The minimum absolute atomic E-state index is 0.1000. The number of hydrogen-bond donors (Lipinski definition) is 0. The van der Waals surface area contributed by atoms with Gasteiger partial charge in [0.1, 0.15) is 10.8 Å². The largest absolute Gasteiger partial charge is 0.311 e. The van der Waals surface area contributed by atoms with Crippen molar-refractivity contribution in [2.45, 2.75) is 63.1 Å². The quantitative estimate of drug-likeness (QED) is 0.407. The molecule has 0 saturated carbocycles. The Kier molecular flexibility index (Phi) is 10.2. The molecule has 194 valence electrons. The Morgan fingerprint density at radius 2 is 1.64 bits per heavy atom. The van der Waals surface area contributed by atoms with Crippen molar-refractivity contribution in [2.75, 3.05) is 24.5 Å². The Balaban J connectivity index is 0.000000861. The number of rotatable bonds is 6. The fourth-order valence-corrected chi connectivity index (χ4v) is 6.99. The number of carbonyl (C=O) groups excluding carboxylic acids is 1. The third kappa shape index (κ3) is 6.41. The molecule has 2 atom stereocenters. The van der Waals surface area contributed by atoms with Crippen LogP contribution in [-0.4, -0.2) is 49.9 Å². The van der Waals surface area contributed by atoms with E-state index in [-0.39, 0.29) is 22.6 Å². The molecule has 0 N–H and O–H groups in total. The van der Waals surface area contributed by atoms with Crippen molar-refractivity contribution in [2.24, 2.45) is 0 Å². The summed E-state index contributed by atoms with van der Waals surface area (Å²) in [4.78, 5) is 21.6. The summed E-state index contributed by atoms with van der Waals surface area (Å²) in [5.74, 6) is 0.476. The van der Waals surface area contributed by atoms with Gasteiger partial charge >= 0.3 is 0 Å². The molecule has 2 aliphatic heterocycles. The third-order valence-electron chi connectivity index (χ3n) is 6.41. The fraction of sp³-hybridized carbons (Fsp3) is 0.429. The van der Waals surface area contributed by atoms with Gasteiger partial charge in [0.2, 0.25) is 5.91 Å². The smallest absolute Gasteiger partial charge is 0.244 e. The number of amides is 1. The zero-order valence-corrected chi connectivity index (χ0v) is 23.3. The first-order valence-electron chi connectivity index (χ1n) is 12.8. The van der Waals surface area contributed by atoms with Gasteiger partial charge in [0.15, 0.2) is 9.84 Å². The molecule has 2 aliphatic rings. The molecule has 3 heterocycles. The Morgan fingerprint density at radius 1 is 0.944 bits per heavy atom. The summed E-state index contributed by atoms with van der Waals surface area (Å²) >= 11 is 1.33. The maximum atomic E-state index is 13.2. The third-order valence-corrected chi connectivity index (χ3v) is 9.02. The lowest BCUT2D eigenvalue weighted by Crippen LogP contribution is -2.40. The number of likely N-dealkylation sites (tertiary alicyclic amines) is 1. The molecular weight excluding hydrogens is 490 g/mol. The predicted molar refractivity (Wildman–Crippen MR) is 148 cm³/mol. The molecule has 1 amide bonds. The van der Waals surface area contributed by atoms with Gasteiger partial charge in [0.05, 0.1) is 10.9 Å². The zero-order valence-electron chi connectivity index (χ0n) is 21.6. The lowest BCUT2D eigenvalue weighted by atomic mass is 9.99. The van der Waals surface area contributed by atoms with Crippen molar-refractivity contribution >= 4 is 32.8 Å². The highest BCUT2D eigenvalue weighted by molar-refractivity contribution is 7.90. The van der Waals surface area contributed by atoms with Crippen LogP contribution in [0.15, 0.2) is 71.1 Å². The van der Waals surface area contributed by atoms with Gasteiger partial charge < -0.3 is 4.90 Å². The molecule has 0 aliphatic carbocycles. The predicted octanol–water partition coefficient (Wildman–Crippen LogP) is 5.76. The molecule has 6 nitrogen and oxygen atoms in total. The molecule has 8 heteroatoms. The van der Waals surface area contributed by atoms with Crippen LogP contribution in [0.1, 0.15) is 57.0 Å². The number of thiazole rings is 1. The van der Waals surface area contributed by atoms with E-state index in [0.717, 1.165) is 31.6 Å². The second-order valence-electron chi connectivity index (χ2n) is 8.36. The van der Waals surface area contributed by atoms with Crippen molar-refractivity contribution < 1.29 is 13.2 Å². The molecule has 3 aromatic rings. The summed E-state index contributed by atoms with van der Waals surface area (Å²) in [6.45, 7) is 10.5. The minimum Gasteiger partial charge on any atom is -0.311 e. The highest BCUT2D eigenvalue weighted by atomic mass is 32.2. The molecule has 2 fully saturated rings. The fourth-order valence-electron chi connectivity index (χ4n) is 4.73. The summed E-state index contributed by atoms with van der Waals surface area (Å²) < 4.78 is 25.3. The number of anilines is 1. The van der Waals surface area contributed by atoms with Crippen molar-refractivity contribution in [3.8, 4) is 0 Å². The Morgan fingerprint density at radius 3 is 2.28 bits per heavy atom. The van der Waals surface area contributed by atoms with Gasteiger partial charge in [-0.1, -0.05) is 58.0 Å². The van der Waals surface area contributed by atoms with Crippen LogP contribution in [0.4, 0.5) is 5.69 Å². The van der Waals surface area contributed by atoms with E-state index in [1.807, 2.05) is 33.8 Å². The van der Waals surface area contributed by atoms with Gasteiger partial charge in [-0.25, -0.2) is 13.4 Å². The van der Waals surface area contributed by atoms with Crippen LogP contribution < -0.4 is 4.90 Å². The second-order valence-corrected chi connectivity index (χ2v) is 11.3. The van der Waals surface area contributed by atoms with Crippen molar-refractivity contribution in [3.05, 3.63) is 76.7 Å². The molecule has 0 spiro atoms. The highest BCUT2D eigenvalue weighted by Crippen LogP contribution is 2.33. The minimum atomic E-state index is -3.46. The normalized spacial score (nSPS) is 19.9. The molecule has 2 unspecified atom stereocenters. The first kappa shape index (κ1) is 28.0. The van der Waals surface area contributed by atoms with Crippen molar-refractivity contribution in [1.29, 1.82) is 0 Å². The summed E-state index contributed by atoms with van der Waals surface area (Å²) in [5.41, 5.74) is 2.09. The van der Waals surface area contributed by atoms with E-state index in [1.165, 1.54) is 16.9 Å². The van der Waals surface area contributed by atoms with Crippen LogP contribution in [0, 0.1) is 0 Å². The van der Waals surface area contributed by atoms with Crippen LogP contribution in [0.3, 0.4) is 0 Å². The summed E-state index contributed by atoms with van der Waals surface area (Å²) in [6, 6.07) is 17.1. The van der Waals surface area contributed by atoms with E-state index in [2.05, 4.69) is 34.1 Å². The number of carbonyl (C=O) groups is 1. The average Bonchev–Trinajstić information content (AvgIpc) is 3.69. The summed E-state index contributed by atoms with van der Waals surface area (Å²) in [6.07, 6.45) is 3.47. The van der Waals surface area contributed by atoms with Gasteiger partial charge in [-0.2, -0.15) is 0 Å². The lowest BCUT2D eigenvalue weighted by molar-refractivity contribution is -0.121. The Hall–Kier alpha value is -2.55. The molecule has 2 saturated heterocycles. The number of benzene rings is 2. The van der Waals surface area contributed by atoms with E-state index < -0.39 is 9.84 Å². The highest BCUT2D eigenvalue weighted by Gasteiger charge is 2.39. The van der Waals surface area contributed by atoms with E-state index in [4.69, 9.17) is 0 Å². The first-order valence-corrected chi connectivity index (χ1v) is 15.4. The van der Waals surface area contributed by atoms with Crippen LogP contribution in [0.2, 0.25) is 0 Å². The maximum Gasteiger partial charge on any atom is 0.244 e. The van der Waals surface area contributed by atoms with Crippen LogP contribution in [0.5, 0.6) is 0 Å². The van der Waals surface area contributed by atoms with Crippen molar-refractivity contribution in [3.63, 3.8) is 0 Å². The van der Waals surface area contributed by atoms with E-state index in [9.17, 15) is 13.2 Å². The lowest BCUT2D eigenvalue weighted by Gasteiger charge is -2.23. The molecule has 2 aromatic carbocycles. The Bertz CT molecular complexity index is 1180. The van der Waals surface area contributed by atoms with E-state index >= 15 is 0 Å². The average molecular weight is 528 g/mol. The molecule has 1 aromatic heterocycles. The monoisotopic (exact) mass is 527 g/mol. The zero-order chi connectivity index (χ0) is 26.1. The molecule has 36 heavy (non-hydrogen) atoms. The van der Waals surface area contributed by atoms with Crippen LogP contribution >= 0.6 is 11.3 Å². The van der Waals surface area contributed by atoms with Gasteiger partial charge in [-0.05, 0) is 55.1 Å². The Labute approximate surface area is 219 Å². The van der Waals surface area contributed by atoms with Crippen LogP contribution in [-0.2, 0) is 20.4 Å². The SMILES string of the molecule is CC.CC.O=C1C(N2CCC(c3ccccc3)C2)CCN1c1ccc(S(=O)(=O)Cc2nccs2)cc1. The standard InChI is InChI=1S/C24H25N3O3S2.2C2H6/c28-24-22(26-13-10-19(16-26)18-4-2-1-3-5-18)11-14-27(24)20-6-8-21(9-7-20)32(29,30)17-23-25-12-15-31-23;2*1-2/h1-9,12,15,19,22H,10-11,13-14,16-17H2;2*1-2H3. The van der Waals surface area contributed by atoms with Gasteiger partial charge in [0.25, 0.3) is 0 Å². The molecular formula is C28H37N3O3S2. The molecule has 0 radical (unpaired) electrons.